The smallest absolute Gasteiger partial charge is 0.238 e. The van der Waals surface area contributed by atoms with Crippen LogP contribution in [0.25, 0.3) is 0 Å². The van der Waals surface area contributed by atoms with Crippen molar-refractivity contribution < 1.29 is 22.7 Å². The van der Waals surface area contributed by atoms with Gasteiger partial charge in [-0.3, -0.25) is 4.72 Å². The molecule has 0 aliphatic heterocycles. The predicted octanol–water partition coefficient (Wildman–Crippen LogP) is 2.93. The minimum atomic E-state index is -3.76. The van der Waals surface area contributed by atoms with Crippen LogP contribution in [0.2, 0.25) is 0 Å². The van der Waals surface area contributed by atoms with Crippen LogP contribution in [0, 0.1) is 12.7 Å². The summed E-state index contributed by atoms with van der Waals surface area (Å²) in [5, 5.41) is 13.6. The van der Waals surface area contributed by atoms with Gasteiger partial charge in [0.05, 0.1) is 23.2 Å². The summed E-state index contributed by atoms with van der Waals surface area (Å²) in [6.45, 7) is 1.74. The number of hydrogen-bond donors (Lipinski definition) is 3. The van der Waals surface area contributed by atoms with Gasteiger partial charge >= 0.3 is 0 Å². The van der Waals surface area contributed by atoms with E-state index in [9.17, 15) is 12.8 Å². The van der Waals surface area contributed by atoms with Crippen molar-refractivity contribution in [2.75, 3.05) is 23.8 Å². The van der Waals surface area contributed by atoms with Crippen LogP contribution in [0.1, 0.15) is 31.2 Å². The highest BCUT2D eigenvalue weighted by molar-refractivity contribution is 7.94. The number of methoxy groups -OCH3 is 1. The van der Waals surface area contributed by atoms with Gasteiger partial charge < -0.3 is 15.2 Å². The summed E-state index contributed by atoms with van der Waals surface area (Å²) in [4.78, 5) is 0. The lowest BCUT2D eigenvalue weighted by Gasteiger charge is -2.23. The first-order valence-electron chi connectivity index (χ1n) is 9.56. The van der Waals surface area contributed by atoms with Crippen LogP contribution in [0.3, 0.4) is 0 Å². The maximum atomic E-state index is 14.5. The van der Waals surface area contributed by atoms with Crippen LogP contribution in [-0.2, 0) is 10.0 Å². The molecule has 2 aromatic rings. The third-order valence-corrected chi connectivity index (χ3v) is 9.03. The minimum Gasteiger partial charge on any atom is -0.494 e. The monoisotopic (exact) mass is 472 g/mol. The van der Waals surface area contributed by atoms with Gasteiger partial charge in [-0.15, -0.1) is 18.5 Å². The van der Waals surface area contributed by atoms with E-state index in [0.29, 0.717) is 42.4 Å². The molecule has 3 N–H and O–H groups in total. The SMILES string of the molecule is COc1cc(P)c(P)c(Nc2ccc(C)cc2F)c1NS(=O)(=O)C1(CCCO)CC1. The highest BCUT2D eigenvalue weighted by atomic mass is 32.2. The number of ether oxygens (including phenoxy) is 1. The van der Waals surface area contributed by atoms with Gasteiger partial charge in [-0.05, 0) is 61.7 Å². The van der Waals surface area contributed by atoms with Gasteiger partial charge in [0.15, 0.2) is 0 Å². The number of anilines is 3. The Kier molecular flexibility index (Phi) is 6.93. The first kappa shape index (κ1) is 23.2. The average Bonchev–Trinajstić information content (AvgIpc) is 3.49. The van der Waals surface area contributed by atoms with Crippen LogP contribution in [0.5, 0.6) is 5.75 Å². The van der Waals surface area contributed by atoms with Crippen molar-refractivity contribution in [3.05, 3.63) is 35.6 Å². The molecular formula is C20H27FN2O4P2S. The van der Waals surface area contributed by atoms with Gasteiger partial charge in [-0.1, -0.05) is 6.07 Å². The van der Waals surface area contributed by atoms with Crippen LogP contribution >= 0.6 is 18.5 Å². The van der Waals surface area contributed by atoms with E-state index in [1.807, 2.05) is 0 Å². The first-order valence-corrected chi connectivity index (χ1v) is 12.2. The second-order valence-electron chi connectivity index (χ2n) is 7.56. The normalized spacial score (nSPS) is 15.0. The van der Waals surface area contributed by atoms with Crippen molar-refractivity contribution in [2.24, 2.45) is 0 Å². The molecule has 1 fully saturated rings. The zero-order valence-corrected chi connectivity index (χ0v) is 20.1. The summed E-state index contributed by atoms with van der Waals surface area (Å²) in [7, 11) is 2.82. The molecule has 30 heavy (non-hydrogen) atoms. The molecule has 2 atom stereocenters. The predicted molar refractivity (Wildman–Crippen MR) is 127 cm³/mol. The zero-order chi connectivity index (χ0) is 22.1. The highest BCUT2D eigenvalue weighted by Crippen LogP contribution is 2.49. The molecule has 0 heterocycles. The number of nitrogens with one attached hydrogen (secondary N) is 2. The Morgan fingerprint density at radius 3 is 2.50 bits per heavy atom. The molecule has 0 saturated heterocycles. The van der Waals surface area contributed by atoms with Crippen LogP contribution in [-0.4, -0.2) is 32.0 Å². The van der Waals surface area contributed by atoms with Crippen molar-refractivity contribution in [3.8, 4) is 5.75 Å². The molecule has 0 bridgehead atoms. The Bertz CT molecular complexity index is 1060. The van der Waals surface area contributed by atoms with Crippen molar-refractivity contribution in [3.63, 3.8) is 0 Å². The summed E-state index contributed by atoms with van der Waals surface area (Å²) in [5.41, 5.74) is 1.63. The third kappa shape index (κ3) is 4.57. The van der Waals surface area contributed by atoms with Gasteiger partial charge in [0.25, 0.3) is 0 Å². The molecule has 0 radical (unpaired) electrons. The maximum Gasteiger partial charge on any atom is 0.238 e. The van der Waals surface area contributed by atoms with E-state index < -0.39 is 20.6 Å². The van der Waals surface area contributed by atoms with E-state index in [-0.39, 0.29) is 18.0 Å². The summed E-state index contributed by atoms with van der Waals surface area (Å²) < 4.78 is 48.2. The second-order valence-corrected chi connectivity index (χ2v) is 10.8. The Labute approximate surface area is 181 Å². The van der Waals surface area contributed by atoms with E-state index in [4.69, 9.17) is 9.84 Å². The average molecular weight is 472 g/mol. The van der Waals surface area contributed by atoms with Gasteiger partial charge in [0.2, 0.25) is 10.0 Å². The zero-order valence-electron chi connectivity index (χ0n) is 17.0. The van der Waals surface area contributed by atoms with Crippen LogP contribution in [0.15, 0.2) is 24.3 Å². The van der Waals surface area contributed by atoms with Crippen molar-refractivity contribution in [1.29, 1.82) is 0 Å². The Hall–Kier alpha value is -1.46. The number of rotatable bonds is 9. The van der Waals surface area contributed by atoms with E-state index in [2.05, 4.69) is 28.5 Å². The van der Waals surface area contributed by atoms with Crippen LogP contribution in [0.4, 0.5) is 21.5 Å². The number of benzene rings is 2. The van der Waals surface area contributed by atoms with E-state index in [0.717, 1.165) is 10.9 Å². The molecule has 1 saturated carbocycles. The lowest BCUT2D eigenvalue weighted by atomic mass is 10.2. The number of sulfonamides is 1. The lowest BCUT2D eigenvalue weighted by molar-refractivity contribution is 0.282. The van der Waals surface area contributed by atoms with E-state index >= 15 is 0 Å². The fourth-order valence-corrected chi connectivity index (χ4v) is 5.71. The molecule has 0 amide bonds. The Morgan fingerprint density at radius 2 is 1.93 bits per heavy atom. The molecular weight excluding hydrogens is 445 g/mol. The summed E-state index contributed by atoms with van der Waals surface area (Å²) in [6, 6.07) is 6.49. The van der Waals surface area contributed by atoms with Crippen LogP contribution < -0.4 is 25.4 Å². The minimum absolute atomic E-state index is 0.0579. The molecule has 0 aromatic heterocycles. The maximum absolute atomic E-state index is 14.5. The molecule has 2 aromatic carbocycles. The molecule has 1 aliphatic carbocycles. The second kappa shape index (κ2) is 8.96. The highest BCUT2D eigenvalue weighted by Gasteiger charge is 2.54. The number of halogens is 1. The standard InChI is InChI=1S/C20H27FN2O4P2S/c1-12-4-5-14(13(21)10-12)22-18-17(15(27-2)11-16(28)19(18)29)23-30(25,26)20(7-8-20)6-3-9-24/h4-5,10-11,22-24H,3,6-9,28-29H2,1-2H3. The Morgan fingerprint density at radius 1 is 1.23 bits per heavy atom. The largest absolute Gasteiger partial charge is 0.494 e. The molecule has 2 unspecified atom stereocenters. The first-order chi connectivity index (χ1) is 14.1. The number of hydrogen-bond acceptors (Lipinski definition) is 5. The number of aliphatic hydroxyl groups is 1. The number of aryl methyl sites for hydroxylation is 1. The fourth-order valence-electron chi connectivity index (χ4n) is 3.38. The summed E-state index contributed by atoms with van der Waals surface area (Å²) in [6.07, 6.45) is 1.87. The molecule has 164 valence electrons. The third-order valence-electron chi connectivity index (χ3n) is 5.37. The van der Waals surface area contributed by atoms with Gasteiger partial charge in [0.1, 0.15) is 17.3 Å². The van der Waals surface area contributed by atoms with Gasteiger partial charge in [-0.25, -0.2) is 12.8 Å². The molecule has 3 rings (SSSR count). The van der Waals surface area contributed by atoms with Crippen molar-refractivity contribution in [1.82, 2.24) is 0 Å². The van der Waals surface area contributed by atoms with Crippen molar-refractivity contribution >= 4 is 56.2 Å². The van der Waals surface area contributed by atoms with Gasteiger partial charge in [0, 0.05) is 11.9 Å². The topological polar surface area (TPSA) is 87.7 Å². The molecule has 10 heteroatoms. The fraction of sp³-hybridized carbons (Fsp3) is 0.400. The van der Waals surface area contributed by atoms with Crippen molar-refractivity contribution in [2.45, 2.75) is 37.4 Å². The van der Waals surface area contributed by atoms with E-state index in [1.54, 1.807) is 25.1 Å². The molecule has 0 spiro atoms. The number of aliphatic hydroxyl groups excluding tert-OH is 1. The molecule has 1 aliphatic rings. The van der Waals surface area contributed by atoms with E-state index in [1.165, 1.54) is 13.2 Å². The summed E-state index contributed by atoms with van der Waals surface area (Å²) >= 11 is 0. The van der Waals surface area contributed by atoms with Gasteiger partial charge in [-0.2, -0.15) is 0 Å². The summed E-state index contributed by atoms with van der Waals surface area (Å²) in [5.74, 6) is -0.120. The molecule has 6 nitrogen and oxygen atoms in total. The lowest BCUT2D eigenvalue weighted by Crippen LogP contribution is -2.31. The Balaban J connectivity index is 2.06. The quantitative estimate of drug-likeness (QED) is 0.489.